The highest BCUT2D eigenvalue weighted by Gasteiger charge is 2.21. The van der Waals surface area contributed by atoms with E-state index in [9.17, 15) is 22.0 Å². The standard InChI is InChI=1S/C16H11F2N3O4S/c17-10-1-3-11(4-2-10)21-26(23,24)14-9-12(5-6-13(14)18)20-15(22)16-19-7-8-25-16/h1-9,21H,(H,20,22). The molecule has 3 aromatic rings. The maximum Gasteiger partial charge on any atom is 0.311 e. The van der Waals surface area contributed by atoms with E-state index < -0.39 is 32.5 Å². The monoisotopic (exact) mass is 379 g/mol. The molecule has 0 atom stereocenters. The second-order valence-electron chi connectivity index (χ2n) is 5.05. The number of nitrogens with zero attached hydrogens (tertiary/aromatic N) is 1. The van der Waals surface area contributed by atoms with E-state index in [1.165, 1.54) is 30.7 Å². The summed E-state index contributed by atoms with van der Waals surface area (Å²) in [5, 5.41) is 2.35. The van der Waals surface area contributed by atoms with Crippen molar-refractivity contribution in [3.63, 3.8) is 0 Å². The van der Waals surface area contributed by atoms with E-state index in [1.807, 2.05) is 0 Å². The van der Waals surface area contributed by atoms with Crippen molar-refractivity contribution in [1.29, 1.82) is 0 Å². The fourth-order valence-electron chi connectivity index (χ4n) is 2.04. The molecular weight excluding hydrogens is 368 g/mol. The van der Waals surface area contributed by atoms with Crippen LogP contribution in [0.1, 0.15) is 10.7 Å². The van der Waals surface area contributed by atoms with Gasteiger partial charge >= 0.3 is 5.91 Å². The largest absolute Gasteiger partial charge is 0.441 e. The summed E-state index contributed by atoms with van der Waals surface area (Å²) in [4.78, 5) is 14.8. The summed E-state index contributed by atoms with van der Waals surface area (Å²) >= 11 is 0. The van der Waals surface area contributed by atoms with Crippen LogP contribution in [0.15, 0.2) is 64.2 Å². The lowest BCUT2D eigenvalue weighted by Crippen LogP contribution is -2.16. The molecule has 3 rings (SSSR count). The predicted octanol–water partition coefficient (Wildman–Crippen LogP) is 3.01. The molecule has 0 spiro atoms. The molecule has 26 heavy (non-hydrogen) atoms. The average Bonchev–Trinajstić information content (AvgIpc) is 3.13. The zero-order chi connectivity index (χ0) is 18.7. The van der Waals surface area contributed by atoms with Gasteiger partial charge in [0.25, 0.3) is 15.9 Å². The summed E-state index contributed by atoms with van der Waals surface area (Å²) in [5.74, 6) is -2.52. The lowest BCUT2D eigenvalue weighted by Gasteiger charge is -2.11. The molecule has 0 aliphatic rings. The molecule has 0 fully saturated rings. The van der Waals surface area contributed by atoms with Gasteiger partial charge in [-0.1, -0.05) is 0 Å². The van der Waals surface area contributed by atoms with Crippen LogP contribution in [0.4, 0.5) is 20.2 Å². The lowest BCUT2D eigenvalue weighted by atomic mass is 10.3. The van der Waals surface area contributed by atoms with Crippen molar-refractivity contribution in [1.82, 2.24) is 4.98 Å². The zero-order valence-electron chi connectivity index (χ0n) is 12.9. The number of hydrogen-bond donors (Lipinski definition) is 2. The number of hydrogen-bond acceptors (Lipinski definition) is 5. The molecule has 1 aromatic heterocycles. The Morgan fingerprint density at radius 3 is 2.38 bits per heavy atom. The third kappa shape index (κ3) is 3.86. The van der Waals surface area contributed by atoms with Gasteiger partial charge in [0, 0.05) is 11.4 Å². The zero-order valence-corrected chi connectivity index (χ0v) is 13.8. The number of sulfonamides is 1. The molecule has 1 heterocycles. The molecule has 0 radical (unpaired) electrons. The second-order valence-corrected chi connectivity index (χ2v) is 6.70. The van der Waals surface area contributed by atoms with Crippen LogP contribution >= 0.6 is 0 Å². The maximum atomic E-state index is 14.0. The van der Waals surface area contributed by atoms with E-state index in [0.717, 1.165) is 24.3 Å². The summed E-state index contributed by atoms with van der Waals surface area (Å²) in [5.41, 5.74) is 0.0779. The van der Waals surface area contributed by atoms with Crippen LogP contribution in [0.3, 0.4) is 0 Å². The van der Waals surface area contributed by atoms with Crippen molar-refractivity contribution in [2.75, 3.05) is 10.0 Å². The summed E-state index contributed by atoms with van der Waals surface area (Å²) in [6.07, 6.45) is 2.46. The van der Waals surface area contributed by atoms with E-state index in [2.05, 4.69) is 15.0 Å². The first-order valence-electron chi connectivity index (χ1n) is 7.14. The Balaban J connectivity index is 1.86. The second kappa shape index (κ2) is 6.92. The summed E-state index contributed by atoms with van der Waals surface area (Å²) in [6, 6.07) is 7.53. The van der Waals surface area contributed by atoms with Crippen LogP contribution < -0.4 is 10.0 Å². The number of nitrogens with one attached hydrogen (secondary N) is 2. The van der Waals surface area contributed by atoms with E-state index in [1.54, 1.807) is 0 Å². The number of halogens is 2. The van der Waals surface area contributed by atoms with Crippen LogP contribution in [0, 0.1) is 11.6 Å². The van der Waals surface area contributed by atoms with Gasteiger partial charge in [-0.25, -0.2) is 22.2 Å². The molecular formula is C16H11F2N3O4S. The number of carbonyl (C=O) groups is 1. The van der Waals surface area contributed by atoms with E-state index in [4.69, 9.17) is 4.42 Å². The summed E-state index contributed by atoms with van der Waals surface area (Å²) < 4.78 is 58.7. The molecule has 134 valence electrons. The third-order valence-electron chi connectivity index (χ3n) is 3.20. The minimum atomic E-state index is -4.31. The smallest absolute Gasteiger partial charge is 0.311 e. The van der Waals surface area contributed by atoms with E-state index >= 15 is 0 Å². The highest BCUT2D eigenvalue weighted by Crippen LogP contribution is 2.23. The summed E-state index contributed by atoms with van der Waals surface area (Å²) in [7, 11) is -4.31. The Labute approximate surface area is 146 Å². The van der Waals surface area contributed by atoms with Crippen molar-refractivity contribution in [3.8, 4) is 0 Å². The van der Waals surface area contributed by atoms with Gasteiger partial charge < -0.3 is 9.73 Å². The fraction of sp³-hybridized carbons (Fsp3) is 0. The van der Waals surface area contributed by atoms with Gasteiger partial charge in [-0.05, 0) is 42.5 Å². The van der Waals surface area contributed by atoms with Crippen LogP contribution in [0.25, 0.3) is 0 Å². The first-order chi connectivity index (χ1) is 12.3. The van der Waals surface area contributed by atoms with E-state index in [0.29, 0.717) is 0 Å². The van der Waals surface area contributed by atoms with Crippen molar-refractivity contribution < 1.29 is 26.4 Å². The molecule has 0 bridgehead atoms. The minimum Gasteiger partial charge on any atom is -0.441 e. The Hall–Kier alpha value is -3.27. The van der Waals surface area contributed by atoms with Crippen molar-refractivity contribution >= 4 is 27.3 Å². The van der Waals surface area contributed by atoms with Gasteiger partial charge in [-0.2, -0.15) is 0 Å². The predicted molar refractivity (Wildman–Crippen MR) is 88.1 cm³/mol. The quantitative estimate of drug-likeness (QED) is 0.710. The van der Waals surface area contributed by atoms with Gasteiger partial charge in [0.2, 0.25) is 0 Å². The Morgan fingerprint density at radius 2 is 1.73 bits per heavy atom. The van der Waals surface area contributed by atoms with Crippen molar-refractivity contribution in [2.24, 2.45) is 0 Å². The van der Waals surface area contributed by atoms with Crippen molar-refractivity contribution in [3.05, 3.63) is 72.4 Å². The normalized spacial score (nSPS) is 11.2. The van der Waals surface area contributed by atoms with Gasteiger partial charge in [0.15, 0.2) is 0 Å². The lowest BCUT2D eigenvalue weighted by molar-refractivity contribution is 0.0990. The molecule has 7 nitrogen and oxygen atoms in total. The first kappa shape index (κ1) is 17.5. The van der Waals surface area contributed by atoms with Gasteiger partial charge in [0.05, 0.1) is 6.20 Å². The molecule has 2 aromatic carbocycles. The Morgan fingerprint density at radius 1 is 1.04 bits per heavy atom. The maximum absolute atomic E-state index is 14.0. The summed E-state index contributed by atoms with van der Waals surface area (Å²) in [6.45, 7) is 0. The van der Waals surface area contributed by atoms with Crippen molar-refractivity contribution in [2.45, 2.75) is 4.90 Å². The number of anilines is 2. The Bertz CT molecular complexity index is 1040. The molecule has 0 saturated carbocycles. The molecule has 10 heteroatoms. The fourth-order valence-corrected chi connectivity index (χ4v) is 3.20. The average molecular weight is 379 g/mol. The van der Waals surface area contributed by atoms with Gasteiger partial charge in [-0.3, -0.25) is 9.52 Å². The number of aromatic nitrogens is 1. The van der Waals surface area contributed by atoms with Gasteiger partial charge in [0.1, 0.15) is 22.8 Å². The topological polar surface area (TPSA) is 101 Å². The highest BCUT2D eigenvalue weighted by molar-refractivity contribution is 7.92. The van der Waals surface area contributed by atoms with Gasteiger partial charge in [-0.15, -0.1) is 0 Å². The number of oxazole rings is 1. The molecule has 1 amide bonds. The van der Waals surface area contributed by atoms with Crippen LogP contribution in [-0.4, -0.2) is 19.3 Å². The van der Waals surface area contributed by atoms with Crippen LogP contribution in [0.5, 0.6) is 0 Å². The van der Waals surface area contributed by atoms with Crippen LogP contribution in [0.2, 0.25) is 0 Å². The number of benzene rings is 2. The van der Waals surface area contributed by atoms with Crippen LogP contribution in [-0.2, 0) is 10.0 Å². The SMILES string of the molecule is O=C(Nc1ccc(F)c(S(=O)(=O)Nc2ccc(F)cc2)c1)c1ncco1. The number of rotatable bonds is 5. The first-order valence-corrected chi connectivity index (χ1v) is 8.62. The Kier molecular flexibility index (Phi) is 4.67. The molecule has 2 N–H and O–H groups in total. The number of amides is 1. The molecule has 0 aliphatic heterocycles. The van der Waals surface area contributed by atoms with E-state index in [-0.39, 0.29) is 17.3 Å². The molecule has 0 aliphatic carbocycles. The third-order valence-corrected chi connectivity index (χ3v) is 4.60. The highest BCUT2D eigenvalue weighted by atomic mass is 32.2. The molecule has 0 unspecified atom stereocenters. The minimum absolute atomic E-state index is 0.0223. The number of carbonyl (C=O) groups excluding carboxylic acids is 1. The molecule has 0 saturated heterocycles.